The molecule has 1 aliphatic heterocycles. The molecule has 2 atom stereocenters. The van der Waals surface area contributed by atoms with Gasteiger partial charge in [-0.2, -0.15) is 0 Å². The van der Waals surface area contributed by atoms with Crippen LogP contribution < -0.4 is 10.2 Å². The highest BCUT2D eigenvalue weighted by molar-refractivity contribution is 5.96. The van der Waals surface area contributed by atoms with Gasteiger partial charge in [-0.1, -0.05) is 24.3 Å². The zero-order valence-corrected chi connectivity index (χ0v) is 19.4. The van der Waals surface area contributed by atoms with E-state index in [1.807, 2.05) is 32.9 Å². The minimum absolute atomic E-state index is 0.0386. The van der Waals surface area contributed by atoms with Gasteiger partial charge in [0.2, 0.25) is 17.2 Å². The van der Waals surface area contributed by atoms with Crippen molar-refractivity contribution >= 4 is 16.9 Å². The van der Waals surface area contributed by atoms with Gasteiger partial charge in [0.25, 0.3) is 0 Å². The highest BCUT2D eigenvalue weighted by Crippen LogP contribution is 2.40. The molecule has 0 saturated heterocycles. The van der Waals surface area contributed by atoms with E-state index in [0.29, 0.717) is 28.6 Å². The smallest absolute Gasteiger partial charge is 0.220 e. The molecule has 3 heterocycles. The number of H-pyrrole nitrogens is 1. The van der Waals surface area contributed by atoms with Crippen LogP contribution >= 0.6 is 0 Å². The fourth-order valence-electron chi connectivity index (χ4n) is 4.89. The number of nitrogens with one attached hydrogen (secondary N) is 1. The van der Waals surface area contributed by atoms with Crippen molar-refractivity contribution in [2.45, 2.75) is 45.8 Å². The van der Waals surface area contributed by atoms with Crippen molar-refractivity contribution in [3.63, 3.8) is 0 Å². The molecular formula is C28H25N3O3. The van der Waals surface area contributed by atoms with E-state index in [9.17, 15) is 4.79 Å². The lowest BCUT2D eigenvalue weighted by Crippen LogP contribution is -2.21. The Morgan fingerprint density at radius 3 is 2.79 bits per heavy atom. The van der Waals surface area contributed by atoms with Crippen LogP contribution in [0.3, 0.4) is 0 Å². The topological polar surface area (TPSA) is 76.6 Å². The third-order valence-corrected chi connectivity index (χ3v) is 6.81. The highest BCUT2D eigenvalue weighted by Gasteiger charge is 2.37. The minimum Gasteiger partial charge on any atom is -0.467 e. The van der Waals surface area contributed by atoms with Crippen molar-refractivity contribution in [3.8, 4) is 11.6 Å². The Balaban J connectivity index is 1.34. The number of aryl methyl sites for hydroxylation is 3. The maximum Gasteiger partial charge on any atom is 0.220 e. The summed E-state index contributed by atoms with van der Waals surface area (Å²) in [5.74, 6) is 1.70. The summed E-state index contributed by atoms with van der Waals surface area (Å²) in [6.07, 6.45) is 1.96. The Kier molecular flexibility index (Phi) is 4.76. The molecule has 1 unspecified atom stereocenters. The van der Waals surface area contributed by atoms with Crippen LogP contribution in [0.15, 0.2) is 64.4 Å². The molecule has 6 rings (SSSR count). The summed E-state index contributed by atoms with van der Waals surface area (Å²) in [4.78, 5) is 25.0. The number of benzene rings is 2. The summed E-state index contributed by atoms with van der Waals surface area (Å²) >= 11 is 0. The Labute approximate surface area is 197 Å². The van der Waals surface area contributed by atoms with Gasteiger partial charge in [0.05, 0.1) is 11.6 Å². The van der Waals surface area contributed by atoms with Crippen molar-refractivity contribution < 1.29 is 9.47 Å². The summed E-state index contributed by atoms with van der Waals surface area (Å²) in [5.41, 5.74) is 7.26. The van der Waals surface area contributed by atoms with Crippen molar-refractivity contribution in [1.82, 2.24) is 9.97 Å². The molecule has 4 aromatic rings. The molecule has 0 bridgehead atoms. The number of ether oxygens (including phenoxy) is 2. The normalized spacial score (nSPS) is 18.7. The van der Waals surface area contributed by atoms with Crippen LogP contribution in [0.2, 0.25) is 0 Å². The van der Waals surface area contributed by atoms with Crippen molar-refractivity contribution in [1.29, 1.82) is 0 Å². The molecule has 0 saturated carbocycles. The molecule has 6 nitrogen and oxygen atoms in total. The molecule has 170 valence electrons. The fraction of sp³-hybridized carbons (Fsp3) is 0.250. The Hall–Kier alpha value is -3.93. The largest absolute Gasteiger partial charge is 0.467 e. The molecule has 0 radical (unpaired) electrons. The highest BCUT2D eigenvalue weighted by atomic mass is 16.5. The molecule has 34 heavy (non-hydrogen) atoms. The zero-order valence-electron chi connectivity index (χ0n) is 19.4. The number of pyridine rings is 2. The second-order valence-corrected chi connectivity index (χ2v) is 9.16. The molecule has 2 aromatic carbocycles. The Bertz CT molecular complexity index is 1540. The number of fused-ring (bicyclic) bond motifs is 4. The molecule has 2 aromatic heterocycles. The van der Waals surface area contributed by atoms with Gasteiger partial charge in [-0.15, -0.1) is 0 Å². The summed E-state index contributed by atoms with van der Waals surface area (Å²) in [6, 6.07) is 17.8. The van der Waals surface area contributed by atoms with E-state index in [1.54, 1.807) is 12.1 Å². The lowest BCUT2D eigenvalue weighted by Gasteiger charge is -2.25. The molecule has 2 aliphatic rings. The second-order valence-electron chi connectivity index (χ2n) is 9.16. The average molecular weight is 452 g/mol. The van der Waals surface area contributed by atoms with Crippen LogP contribution in [0.4, 0.5) is 0 Å². The Morgan fingerprint density at radius 2 is 1.91 bits per heavy atom. The molecule has 6 heteroatoms. The van der Waals surface area contributed by atoms with Gasteiger partial charge in [0.15, 0.2) is 0 Å². The maximum absolute atomic E-state index is 12.4. The first-order valence-corrected chi connectivity index (χ1v) is 11.6. The maximum atomic E-state index is 12.4. The van der Waals surface area contributed by atoms with Gasteiger partial charge in [-0.25, -0.2) is 9.98 Å². The van der Waals surface area contributed by atoms with Crippen LogP contribution in [0.5, 0.6) is 11.6 Å². The summed E-state index contributed by atoms with van der Waals surface area (Å²) in [5, 5.41) is 0. The lowest BCUT2D eigenvalue weighted by molar-refractivity contribution is 0.183. The summed E-state index contributed by atoms with van der Waals surface area (Å²) in [6.45, 7) is 5.91. The van der Waals surface area contributed by atoms with E-state index in [4.69, 9.17) is 14.5 Å². The first-order chi connectivity index (χ1) is 16.5. The molecule has 1 N–H and O–H groups in total. The number of aromatic amines is 1. The first kappa shape index (κ1) is 20.7. The number of rotatable bonds is 3. The van der Waals surface area contributed by atoms with Crippen molar-refractivity contribution in [3.05, 3.63) is 98.3 Å². The second kappa shape index (κ2) is 7.83. The van der Waals surface area contributed by atoms with E-state index in [2.05, 4.69) is 40.3 Å². The van der Waals surface area contributed by atoms with Gasteiger partial charge in [0.1, 0.15) is 17.4 Å². The van der Waals surface area contributed by atoms with E-state index in [-0.39, 0.29) is 17.6 Å². The summed E-state index contributed by atoms with van der Waals surface area (Å²) in [7, 11) is 0. The Morgan fingerprint density at radius 1 is 1.06 bits per heavy atom. The molecular weight excluding hydrogens is 426 g/mol. The van der Waals surface area contributed by atoms with E-state index >= 15 is 0 Å². The van der Waals surface area contributed by atoms with Gasteiger partial charge >= 0.3 is 0 Å². The molecule has 0 amide bonds. The van der Waals surface area contributed by atoms with Crippen molar-refractivity contribution in [2.75, 3.05) is 0 Å². The van der Waals surface area contributed by atoms with Gasteiger partial charge < -0.3 is 14.5 Å². The first-order valence-electron chi connectivity index (χ1n) is 11.6. The lowest BCUT2D eigenvalue weighted by atomic mass is 9.86. The minimum atomic E-state index is -0.130. The van der Waals surface area contributed by atoms with Crippen LogP contribution in [0, 0.1) is 20.8 Å². The van der Waals surface area contributed by atoms with E-state index in [0.717, 1.165) is 35.2 Å². The van der Waals surface area contributed by atoms with Crippen LogP contribution in [-0.4, -0.2) is 21.9 Å². The molecule has 0 spiro atoms. The van der Waals surface area contributed by atoms with Gasteiger partial charge in [-0.05, 0) is 74.1 Å². The predicted molar refractivity (Wildman–Crippen MR) is 132 cm³/mol. The monoisotopic (exact) mass is 451 g/mol. The van der Waals surface area contributed by atoms with E-state index in [1.165, 1.54) is 11.1 Å². The van der Waals surface area contributed by atoms with Crippen LogP contribution in [-0.2, 0) is 11.2 Å². The zero-order chi connectivity index (χ0) is 23.4. The SMILES string of the molecule is Cc1cc(=O)c2nc(Oc3cc(C4=N[C@H]5CCc6ccccc6C5O4)cc(C)c3C)ccc2[nH]1. The summed E-state index contributed by atoms with van der Waals surface area (Å²) < 4.78 is 12.6. The van der Waals surface area contributed by atoms with Gasteiger partial charge in [-0.3, -0.25) is 4.79 Å². The number of hydrogen-bond donors (Lipinski definition) is 1. The van der Waals surface area contributed by atoms with Crippen LogP contribution in [0.1, 0.15) is 46.0 Å². The third-order valence-electron chi connectivity index (χ3n) is 6.81. The number of aliphatic imine (C=N–C) groups is 1. The van der Waals surface area contributed by atoms with E-state index < -0.39 is 0 Å². The number of aromatic nitrogens is 2. The predicted octanol–water partition coefficient (Wildman–Crippen LogP) is 5.47. The number of nitrogens with zero attached hydrogens (tertiary/aromatic N) is 2. The van der Waals surface area contributed by atoms with Gasteiger partial charge in [0, 0.05) is 23.4 Å². The van der Waals surface area contributed by atoms with Crippen molar-refractivity contribution in [2.24, 2.45) is 4.99 Å². The molecule has 0 fully saturated rings. The van der Waals surface area contributed by atoms with Crippen LogP contribution in [0.25, 0.3) is 11.0 Å². The number of hydrogen-bond acceptors (Lipinski definition) is 5. The standard InChI is InChI=1S/C28H25N3O3/c1-15-12-19(28-30-22-9-8-18-6-4-5-7-20(18)27(22)34-28)14-24(17(15)3)33-25-11-10-21-26(31-25)23(32)13-16(2)29-21/h4-7,10-14,22,27H,8-9H2,1-3H3,(H,29,32)/t22-,27?/m0/s1. The molecule has 1 aliphatic carbocycles. The quantitative estimate of drug-likeness (QED) is 0.448. The average Bonchev–Trinajstić information content (AvgIpc) is 3.27. The third kappa shape index (κ3) is 3.46. The fourth-order valence-corrected chi connectivity index (χ4v) is 4.89.